The van der Waals surface area contributed by atoms with E-state index in [1.807, 2.05) is 12.1 Å². The van der Waals surface area contributed by atoms with Crippen LogP contribution in [0.25, 0.3) is 0 Å². The quantitative estimate of drug-likeness (QED) is 0.454. The lowest BCUT2D eigenvalue weighted by atomic mass is 9.72. The summed E-state index contributed by atoms with van der Waals surface area (Å²) in [6.07, 6.45) is 7.93. The van der Waals surface area contributed by atoms with Crippen LogP contribution < -0.4 is 4.74 Å². The molecule has 0 aromatic heterocycles. The van der Waals surface area contributed by atoms with Crippen molar-refractivity contribution in [2.45, 2.75) is 50.9 Å². The van der Waals surface area contributed by atoms with Crippen molar-refractivity contribution in [3.8, 4) is 11.8 Å². The molecule has 2 aromatic carbocycles. The topological polar surface area (TPSA) is 36.3 Å². The largest absolute Gasteiger partial charge is 0.494 e. The second-order valence-corrected chi connectivity index (χ2v) is 9.29. The lowest BCUT2D eigenvalue weighted by molar-refractivity contribution is 0.142. The first kappa shape index (κ1) is 22.7. The molecule has 0 N–H and O–H groups in total. The molecule has 0 radical (unpaired) electrons. The highest BCUT2D eigenvalue weighted by molar-refractivity contribution is 5.34. The summed E-state index contributed by atoms with van der Waals surface area (Å²) in [6, 6.07) is 13.4. The Bertz CT molecular complexity index is 890. The number of nitrogens with zero attached hydrogens (tertiary/aromatic N) is 2. The summed E-state index contributed by atoms with van der Waals surface area (Å²) in [7, 11) is 0. The van der Waals surface area contributed by atoms with Crippen LogP contribution in [0.5, 0.6) is 5.75 Å². The zero-order valence-corrected chi connectivity index (χ0v) is 18.6. The Labute approximate surface area is 190 Å². The minimum atomic E-state index is -0.456. The van der Waals surface area contributed by atoms with Crippen molar-refractivity contribution in [2.24, 2.45) is 11.8 Å². The van der Waals surface area contributed by atoms with Gasteiger partial charge in [0.2, 0.25) is 0 Å². The van der Waals surface area contributed by atoms with E-state index in [4.69, 9.17) is 10.00 Å². The van der Waals surface area contributed by atoms with Crippen LogP contribution in [-0.2, 0) is 0 Å². The zero-order valence-electron chi connectivity index (χ0n) is 18.6. The number of ether oxygens (including phenoxy) is 1. The molecular formula is C27H32F2N2O. The van der Waals surface area contributed by atoms with Gasteiger partial charge in [0.1, 0.15) is 17.4 Å². The summed E-state index contributed by atoms with van der Waals surface area (Å²) in [5.74, 6) is 1.19. The van der Waals surface area contributed by atoms with Gasteiger partial charge in [-0.2, -0.15) is 5.26 Å². The van der Waals surface area contributed by atoms with Gasteiger partial charge in [-0.15, -0.1) is 0 Å². The van der Waals surface area contributed by atoms with Gasteiger partial charge in [0.15, 0.2) is 0 Å². The smallest absolute Gasteiger partial charge is 0.126 e. The predicted molar refractivity (Wildman–Crippen MR) is 121 cm³/mol. The number of likely N-dealkylation sites (tertiary alicyclic amines) is 1. The molecule has 170 valence electrons. The molecule has 3 nitrogen and oxygen atoms in total. The van der Waals surface area contributed by atoms with Crippen LogP contribution in [0.3, 0.4) is 0 Å². The third kappa shape index (κ3) is 5.86. The molecule has 1 unspecified atom stereocenters. The first-order chi connectivity index (χ1) is 15.6. The Morgan fingerprint density at radius 2 is 1.56 bits per heavy atom. The molecule has 1 atom stereocenters. The van der Waals surface area contributed by atoms with E-state index >= 15 is 0 Å². The average molecular weight is 439 g/mol. The van der Waals surface area contributed by atoms with Crippen molar-refractivity contribution < 1.29 is 13.5 Å². The van der Waals surface area contributed by atoms with E-state index < -0.39 is 11.6 Å². The van der Waals surface area contributed by atoms with Crippen molar-refractivity contribution in [1.29, 1.82) is 5.26 Å². The molecule has 0 bridgehead atoms. The average Bonchev–Trinajstić information content (AvgIpc) is 3.32. The molecule has 4 rings (SSSR count). The van der Waals surface area contributed by atoms with Crippen LogP contribution in [0.4, 0.5) is 8.78 Å². The Balaban J connectivity index is 1.27. The zero-order chi connectivity index (χ0) is 22.3. The van der Waals surface area contributed by atoms with E-state index in [9.17, 15) is 8.78 Å². The van der Waals surface area contributed by atoms with E-state index in [1.54, 1.807) is 24.3 Å². The minimum absolute atomic E-state index is 0.268. The Morgan fingerprint density at radius 3 is 2.19 bits per heavy atom. The summed E-state index contributed by atoms with van der Waals surface area (Å²) in [6.45, 7) is 3.70. The summed E-state index contributed by atoms with van der Waals surface area (Å²) in [5, 5.41) is 8.86. The molecule has 1 aliphatic heterocycles. The van der Waals surface area contributed by atoms with E-state index in [1.165, 1.54) is 25.7 Å². The molecule has 1 aliphatic carbocycles. The second kappa shape index (κ2) is 10.9. The summed E-state index contributed by atoms with van der Waals surface area (Å²) in [4.78, 5) is 2.48. The predicted octanol–water partition coefficient (Wildman–Crippen LogP) is 6.29. The molecule has 5 heteroatoms. The van der Waals surface area contributed by atoms with Crippen molar-refractivity contribution in [2.75, 3.05) is 26.2 Å². The highest BCUT2D eigenvalue weighted by atomic mass is 19.1. The van der Waals surface area contributed by atoms with E-state index in [-0.39, 0.29) is 5.92 Å². The van der Waals surface area contributed by atoms with Crippen molar-refractivity contribution >= 4 is 0 Å². The third-order valence-corrected chi connectivity index (χ3v) is 7.19. The van der Waals surface area contributed by atoms with Gasteiger partial charge < -0.3 is 9.64 Å². The highest BCUT2D eigenvalue weighted by Crippen LogP contribution is 2.45. The minimum Gasteiger partial charge on any atom is -0.494 e. The molecule has 0 spiro atoms. The van der Waals surface area contributed by atoms with Crippen LogP contribution >= 0.6 is 0 Å². The fourth-order valence-electron chi connectivity index (χ4n) is 5.65. The van der Waals surface area contributed by atoms with Crippen LogP contribution in [-0.4, -0.2) is 31.1 Å². The first-order valence-corrected chi connectivity index (χ1v) is 11.9. The maximum Gasteiger partial charge on any atom is 0.126 e. The van der Waals surface area contributed by atoms with Gasteiger partial charge in [-0.05, 0) is 105 Å². The summed E-state index contributed by atoms with van der Waals surface area (Å²) in [5.41, 5.74) is 1.50. The van der Waals surface area contributed by atoms with Gasteiger partial charge in [0.05, 0.1) is 18.2 Å². The standard InChI is InChI=1S/C27H32F2N2O/c28-24-16-23(17-25(29)18-24)27(21-4-1-2-5-21)22-10-13-31(14-11-22)12-3-15-32-26-8-6-20(19-30)7-9-26/h6-9,16-18,21-22,27H,1-5,10-15H2. The molecule has 1 saturated carbocycles. The molecule has 1 saturated heterocycles. The fourth-order valence-corrected chi connectivity index (χ4v) is 5.65. The second-order valence-electron chi connectivity index (χ2n) is 9.29. The van der Waals surface area contributed by atoms with Crippen LogP contribution in [0, 0.1) is 34.8 Å². The fraction of sp³-hybridized carbons (Fsp3) is 0.519. The number of benzene rings is 2. The van der Waals surface area contributed by atoms with Gasteiger partial charge in [-0.1, -0.05) is 12.8 Å². The van der Waals surface area contributed by atoms with E-state index in [0.717, 1.165) is 56.3 Å². The third-order valence-electron chi connectivity index (χ3n) is 7.19. The number of nitriles is 1. The molecule has 0 amide bonds. The van der Waals surface area contributed by atoms with Crippen molar-refractivity contribution in [3.05, 3.63) is 65.2 Å². The highest BCUT2D eigenvalue weighted by Gasteiger charge is 2.35. The molecule has 2 fully saturated rings. The van der Waals surface area contributed by atoms with Crippen LogP contribution in [0.15, 0.2) is 42.5 Å². The maximum atomic E-state index is 14.0. The van der Waals surface area contributed by atoms with Crippen molar-refractivity contribution in [1.82, 2.24) is 4.90 Å². The van der Waals surface area contributed by atoms with Crippen LogP contribution in [0.2, 0.25) is 0 Å². The number of halogens is 2. The Hall–Kier alpha value is -2.45. The van der Waals surface area contributed by atoms with Gasteiger partial charge in [0, 0.05) is 12.6 Å². The SMILES string of the molecule is N#Cc1ccc(OCCCN2CCC(C(c3cc(F)cc(F)c3)C3CCCC3)CC2)cc1. The summed E-state index contributed by atoms with van der Waals surface area (Å²) >= 11 is 0. The number of rotatable bonds is 8. The summed E-state index contributed by atoms with van der Waals surface area (Å²) < 4.78 is 33.7. The number of hydrogen-bond donors (Lipinski definition) is 0. The first-order valence-electron chi connectivity index (χ1n) is 11.9. The molecule has 2 aliphatic rings. The lowest BCUT2D eigenvalue weighted by Crippen LogP contribution is -2.37. The molecule has 2 aromatic rings. The van der Waals surface area contributed by atoms with Gasteiger partial charge >= 0.3 is 0 Å². The molecule has 32 heavy (non-hydrogen) atoms. The maximum absolute atomic E-state index is 14.0. The van der Waals surface area contributed by atoms with Gasteiger partial charge in [-0.3, -0.25) is 0 Å². The van der Waals surface area contributed by atoms with E-state index in [2.05, 4.69) is 11.0 Å². The van der Waals surface area contributed by atoms with Gasteiger partial charge in [-0.25, -0.2) is 8.78 Å². The molecule has 1 heterocycles. The van der Waals surface area contributed by atoms with E-state index in [0.29, 0.717) is 24.0 Å². The number of hydrogen-bond acceptors (Lipinski definition) is 3. The monoisotopic (exact) mass is 438 g/mol. The van der Waals surface area contributed by atoms with Gasteiger partial charge in [0.25, 0.3) is 0 Å². The Morgan fingerprint density at radius 1 is 0.938 bits per heavy atom. The van der Waals surface area contributed by atoms with Crippen molar-refractivity contribution in [3.63, 3.8) is 0 Å². The number of piperidine rings is 1. The van der Waals surface area contributed by atoms with Crippen LogP contribution in [0.1, 0.15) is 62.0 Å². The molecular weight excluding hydrogens is 406 g/mol. The lowest BCUT2D eigenvalue weighted by Gasteiger charge is -2.39. The normalized spacial score (nSPS) is 19.0. The Kier molecular flexibility index (Phi) is 7.76.